The molecule has 2 aromatic rings. The van der Waals surface area contributed by atoms with Crippen molar-refractivity contribution in [1.82, 2.24) is 14.5 Å². The van der Waals surface area contributed by atoms with Crippen LogP contribution in [0.4, 0.5) is 10.5 Å². The molecule has 2 N–H and O–H groups in total. The molecule has 0 aliphatic heterocycles. The maximum absolute atomic E-state index is 12.8. The van der Waals surface area contributed by atoms with E-state index in [1.54, 1.807) is 0 Å². The minimum Gasteiger partial charge on any atom is -0.307 e. The summed E-state index contributed by atoms with van der Waals surface area (Å²) in [7, 11) is -4.30. The average Bonchev–Trinajstić information content (AvgIpc) is 3.26. The van der Waals surface area contributed by atoms with Gasteiger partial charge in [0.15, 0.2) is 0 Å². The number of sulfonamides is 1. The largest absolute Gasteiger partial charge is 0.333 e. The molecule has 2 aliphatic carbocycles. The van der Waals surface area contributed by atoms with E-state index in [1.165, 1.54) is 29.3 Å². The van der Waals surface area contributed by atoms with E-state index in [1.807, 2.05) is 24.6 Å². The normalized spacial score (nSPS) is 16.6. The molecule has 1 aromatic carbocycles. The van der Waals surface area contributed by atoms with Gasteiger partial charge in [-0.05, 0) is 74.5 Å². The van der Waals surface area contributed by atoms with Gasteiger partial charge in [-0.2, -0.15) is 18.8 Å². The van der Waals surface area contributed by atoms with Crippen molar-refractivity contribution >= 4 is 21.7 Å². The molecule has 8 nitrogen and oxygen atoms in total. The van der Waals surface area contributed by atoms with Crippen LogP contribution in [0, 0.1) is 17.2 Å². The lowest BCUT2D eigenvalue weighted by molar-refractivity contribution is 0.256. The molecular weight excluding hydrogens is 414 g/mol. The van der Waals surface area contributed by atoms with Crippen LogP contribution in [0.15, 0.2) is 23.4 Å². The van der Waals surface area contributed by atoms with E-state index in [-0.39, 0.29) is 11.6 Å². The molecule has 2 aliphatic rings. The Morgan fingerprint density at radius 3 is 2.65 bits per heavy atom. The van der Waals surface area contributed by atoms with Crippen LogP contribution < -0.4 is 10.0 Å². The zero-order valence-corrected chi connectivity index (χ0v) is 18.8. The Balaban J connectivity index is 1.61. The third kappa shape index (κ3) is 4.17. The molecular formula is C22H27N5O3S. The summed E-state index contributed by atoms with van der Waals surface area (Å²) >= 11 is 0. The van der Waals surface area contributed by atoms with Gasteiger partial charge in [0.05, 0.1) is 0 Å². The number of aromatic nitrogens is 2. The van der Waals surface area contributed by atoms with Crippen molar-refractivity contribution in [3.8, 4) is 6.07 Å². The summed E-state index contributed by atoms with van der Waals surface area (Å²) in [6.45, 7) is 5.80. The standard InChI is InChI=1S/C22H27N5O3S/c1-13(2)27-12-17(11-23)21(25-27)31(29,30)26-22(28)24-20-18(14(3)15-7-8-15)10-9-16-5-4-6-19(16)20/h9-10,12-15H,4-8H2,1-3H3,(H2,24,26,28)/t14-/m1/s1. The maximum atomic E-state index is 12.8. The van der Waals surface area contributed by atoms with Crippen molar-refractivity contribution < 1.29 is 13.2 Å². The van der Waals surface area contributed by atoms with Crippen LogP contribution in [0.25, 0.3) is 0 Å². The van der Waals surface area contributed by atoms with Gasteiger partial charge in [-0.3, -0.25) is 4.68 Å². The van der Waals surface area contributed by atoms with E-state index in [4.69, 9.17) is 0 Å². The maximum Gasteiger partial charge on any atom is 0.333 e. The highest BCUT2D eigenvalue weighted by molar-refractivity contribution is 7.90. The second kappa shape index (κ2) is 8.00. The SMILES string of the molecule is CC(C)n1cc(C#N)c(S(=O)(=O)NC(=O)Nc2c([C@H](C)C3CC3)ccc3c2CCC3)n1. The number of amides is 2. The molecule has 0 spiro atoms. The lowest BCUT2D eigenvalue weighted by Crippen LogP contribution is -2.35. The Bertz CT molecular complexity index is 1170. The van der Waals surface area contributed by atoms with Gasteiger partial charge in [0, 0.05) is 17.9 Å². The van der Waals surface area contributed by atoms with Crippen molar-refractivity contribution in [3.05, 3.63) is 40.6 Å². The molecule has 0 radical (unpaired) electrons. The third-order valence-corrected chi connectivity index (χ3v) is 7.47. The summed E-state index contributed by atoms with van der Waals surface area (Å²) in [6, 6.07) is 5.08. The molecule has 0 bridgehead atoms. The van der Waals surface area contributed by atoms with Gasteiger partial charge in [-0.1, -0.05) is 19.1 Å². The average molecular weight is 442 g/mol. The topological polar surface area (TPSA) is 117 Å². The Labute approximate surface area is 182 Å². The van der Waals surface area contributed by atoms with Crippen LogP contribution in [0.5, 0.6) is 0 Å². The molecule has 1 atom stereocenters. The van der Waals surface area contributed by atoms with Gasteiger partial charge in [0.2, 0.25) is 5.03 Å². The second-order valence-corrected chi connectivity index (χ2v) is 10.3. The van der Waals surface area contributed by atoms with Gasteiger partial charge >= 0.3 is 6.03 Å². The van der Waals surface area contributed by atoms with Gasteiger partial charge in [-0.25, -0.2) is 9.52 Å². The van der Waals surface area contributed by atoms with E-state index in [0.29, 0.717) is 11.8 Å². The first-order valence-electron chi connectivity index (χ1n) is 10.7. The predicted molar refractivity (Wildman–Crippen MR) is 116 cm³/mol. The summed E-state index contributed by atoms with van der Waals surface area (Å²) in [6.07, 6.45) is 6.56. The van der Waals surface area contributed by atoms with Gasteiger partial charge in [-0.15, -0.1) is 0 Å². The molecule has 1 heterocycles. The number of urea groups is 1. The van der Waals surface area contributed by atoms with E-state index in [9.17, 15) is 18.5 Å². The Morgan fingerprint density at radius 1 is 1.26 bits per heavy atom. The van der Waals surface area contributed by atoms with E-state index < -0.39 is 21.1 Å². The van der Waals surface area contributed by atoms with E-state index >= 15 is 0 Å². The number of rotatable bonds is 6. The molecule has 1 saturated carbocycles. The Kier molecular flexibility index (Phi) is 5.52. The molecule has 4 rings (SSSR count). The zero-order valence-electron chi connectivity index (χ0n) is 18.0. The highest BCUT2D eigenvalue weighted by Crippen LogP contribution is 2.46. The second-order valence-electron chi connectivity index (χ2n) is 8.74. The van der Waals surface area contributed by atoms with Crippen molar-refractivity contribution in [1.29, 1.82) is 5.26 Å². The fourth-order valence-corrected chi connectivity index (χ4v) is 5.27. The summed E-state index contributed by atoms with van der Waals surface area (Å²) in [4.78, 5) is 12.8. The Hall–Kier alpha value is -2.86. The van der Waals surface area contributed by atoms with E-state index in [0.717, 1.165) is 36.1 Å². The van der Waals surface area contributed by atoms with Crippen LogP contribution in [-0.2, 0) is 22.9 Å². The number of aryl methyl sites for hydroxylation is 1. The van der Waals surface area contributed by atoms with E-state index in [2.05, 4.69) is 29.5 Å². The number of nitrogens with one attached hydrogen (secondary N) is 2. The lowest BCUT2D eigenvalue weighted by Gasteiger charge is -2.20. The molecule has 0 saturated heterocycles. The number of anilines is 1. The first-order valence-corrected chi connectivity index (χ1v) is 12.2. The summed E-state index contributed by atoms with van der Waals surface area (Å²) < 4.78 is 29.1. The van der Waals surface area contributed by atoms with Crippen molar-refractivity contribution in [2.24, 2.45) is 5.92 Å². The first kappa shape index (κ1) is 21.4. The smallest absolute Gasteiger partial charge is 0.307 e. The molecule has 0 unspecified atom stereocenters. The van der Waals surface area contributed by atoms with Gasteiger partial charge in [0.25, 0.3) is 10.0 Å². The summed E-state index contributed by atoms with van der Waals surface area (Å²) in [5.74, 6) is 0.898. The molecule has 164 valence electrons. The minimum atomic E-state index is -4.30. The number of hydrogen-bond donors (Lipinski definition) is 2. The van der Waals surface area contributed by atoms with Gasteiger partial charge < -0.3 is 5.32 Å². The lowest BCUT2D eigenvalue weighted by atomic mass is 9.91. The fourth-order valence-electron chi connectivity index (χ4n) is 4.29. The number of fused-ring (bicyclic) bond motifs is 1. The molecule has 9 heteroatoms. The summed E-state index contributed by atoms with van der Waals surface area (Å²) in [5.41, 5.74) is 3.98. The van der Waals surface area contributed by atoms with Crippen LogP contribution in [0.1, 0.15) is 74.2 Å². The number of carbonyl (C=O) groups excluding carboxylic acids is 1. The Morgan fingerprint density at radius 2 is 2.00 bits per heavy atom. The van der Waals surface area contributed by atoms with Crippen molar-refractivity contribution in [2.45, 2.75) is 69.9 Å². The van der Waals surface area contributed by atoms with Crippen LogP contribution in [0.3, 0.4) is 0 Å². The van der Waals surface area contributed by atoms with Crippen molar-refractivity contribution in [2.75, 3.05) is 5.32 Å². The fraction of sp³-hybridized carbons (Fsp3) is 0.500. The molecule has 31 heavy (non-hydrogen) atoms. The molecule has 1 fully saturated rings. The quantitative estimate of drug-likeness (QED) is 0.706. The number of nitriles is 1. The van der Waals surface area contributed by atoms with Crippen LogP contribution in [-0.4, -0.2) is 24.2 Å². The number of hydrogen-bond acceptors (Lipinski definition) is 5. The first-order chi connectivity index (χ1) is 14.7. The van der Waals surface area contributed by atoms with Crippen LogP contribution >= 0.6 is 0 Å². The van der Waals surface area contributed by atoms with Crippen molar-refractivity contribution in [3.63, 3.8) is 0 Å². The minimum absolute atomic E-state index is 0.0994. The highest BCUT2D eigenvalue weighted by atomic mass is 32.2. The summed E-state index contributed by atoms with van der Waals surface area (Å²) in [5, 5.41) is 15.7. The third-order valence-electron chi connectivity index (χ3n) is 6.20. The molecule has 2 amide bonds. The molecule has 1 aromatic heterocycles. The highest BCUT2D eigenvalue weighted by Gasteiger charge is 2.33. The predicted octanol–water partition coefficient (Wildman–Crippen LogP) is 3.85. The number of carbonyl (C=O) groups is 1. The van der Waals surface area contributed by atoms with Gasteiger partial charge in [0.1, 0.15) is 11.6 Å². The monoisotopic (exact) mass is 441 g/mol. The van der Waals surface area contributed by atoms with Crippen LogP contribution in [0.2, 0.25) is 0 Å². The number of benzene rings is 1. The number of nitrogens with zero attached hydrogens (tertiary/aromatic N) is 3. The zero-order chi connectivity index (χ0) is 22.3.